The third-order valence-electron chi connectivity index (χ3n) is 4.71. The Morgan fingerprint density at radius 1 is 1.36 bits per heavy atom. The minimum atomic E-state index is -1.85. The zero-order chi connectivity index (χ0) is 16.8. The smallest absolute Gasteiger partial charge is 0.407 e. The van der Waals surface area contributed by atoms with Crippen LogP contribution in [0.2, 0.25) is 18.1 Å². The molecule has 0 aliphatic carbocycles. The molecule has 2 unspecified atom stereocenters. The van der Waals surface area contributed by atoms with Crippen molar-refractivity contribution in [3.8, 4) is 0 Å². The minimum Gasteiger partial charge on any atom is -0.450 e. The highest BCUT2D eigenvalue weighted by molar-refractivity contribution is 6.74. The van der Waals surface area contributed by atoms with Crippen LogP contribution in [-0.2, 0) is 9.16 Å². The van der Waals surface area contributed by atoms with Crippen molar-refractivity contribution in [2.75, 3.05) is 19.7 Å². The van der Waals surface area contributed by atoms with Gasteiger partial charge in [-0.3, -0.25) is 0 Å². The molecule has 0 radical (unpaired) electrons. The summed E-state index contributed by atoms with van der Waals surface area (Å²) >= 11 is 0. The van der Waals surface area contributed by atoms with Crippen molar-refractivity contribution in [3.05, 3.63) is 0 Å². The Bertz CT molecular complexity index is 356. The van der Waals surface area contributed by atoms with Gasteiger partial charge >= 0.3 is 6.09 Å². The van der Waals surface area contributed by atoms with Crippen molar-refractivity contribution in [1.82, 2.24) is 10.6 Å². The van der Waals surface area contributed by atoms with Crippen molar-refractivity contribution in [3.63, 3.8) is 0 Å². The first kappa shape index (κ1) is 19.5. The third kappa shape index (κ3) is 5.89. The van der Waals surface area contributed by atoms with E-state index in [2.05, 4.69) is 51.4 Å². The van der Waals surface area contributed by atoms with E-state index in [1.807, 2.05) is 0 Å². The van der Waals surface area contributed by atoms with E-state index < -0.39 is 8.32 Å². The van der Waals surface area contributed by atoms with Gasteiger partial charge in [0.05, 0.1) is 18.8 Å². The first-order valence-corrected chi connectivity index (χ1v) is 11.4. The van der Waals surface area contributed by atoms with Gasteiger partial charge in [0.15, 0.2) is 8.32 Å². The number of nitrogens with one attached hydrogen (secondary N) is 2. The van der Waals surface area contributed by atoms with E-state index in [0.717, 1.165) is 32.4 Å². The summed E-state index contributed by atoms with van der Waals surface area (Å²) in [4.78, 5) is 11.9. The predicted molar refractivity (Wildman–Crippen MR) is 92.7 cm³/mol. The van der Waals surface area contributed by atoms with Crippen LogP contribution in [-0.4, -0.2) is 46.3 Å². The van der Waals surface area contributed by atoms with Crippen LogP contribution in [0.4, 0.5) is 4.79 Å². The van der Waals surface area contributed by atoms with Crippen molar-refractivity contribution in [2.45, 2.75) is 77.2 Å². The standard InChI is InChI=1S/C16H34N2O3Si/c1-7-8-11-20-15(19)18-13-9-10-17-12-14(13)21-22(5,6)16(2,3)4/h13-14,17H,7-12H2,1-6H3,(H,18,19). The van der Waals surface area contributed by atoms with Crippen molar-refractivity contribution in [1.29, 1.82) is 0 Å². The second-order valence-electron chi connectivity index (χ2n) is 7.65. The fraction of sp³-hybridized carbons (Fsp3) is 0.938. The van der Waals surface area contributed by atoms with Gasteiger partial charge in [0.1, 0.15) is 0 Å². The molecule has 22 heavy (non-hydrogen) atoms. The van der Waals surface area contributed by atoms with E-state index in [-0.39, 0.29) is 23.3 Å². The van der Waals surface area contributed by atoms with Crippen LogP contribution in [0.15, 0.2) is 0 Å². The summed E-state index contributed by atoms with van der Waals surface area (Å²) in [5.41, 5.74) is 0. The predicted octanol–water partition coefficient (Wildman–Crippen LogP) is 3.27. The fourth-order valence-electron chi connectivity index (χ4n) is 2.18. The lowest BCUT2D eigenvalue weighted by Gasteiger charge is -2.43. The van der Waals surface area contributed by atoms with E-state index in [1.165, 1.54) is 0 Å². The minimum absolute atomic E-state index is 0.0216. The molecule has 5 nitrogen and oxygen atoms in total. The Morgan fingerprint density at radius 2 is 2.05 bits per heavy atom. The number of hydrogen-bond donors (Lipinski definition) is 2. The molecule has 1 aliphatic heterocycles. The zero-order valence-corrected chi connectivity index (χ0v) is 16.1. The maximum Gasteiger partial charge on any atom is 0.407 e. The van der Waals surface area contributed by atoms with E-state index in [9.17, 15) is 4.79 Å². The summed E-state index contributed by atoms with van der Waals surface area (Å²) in [6, 6.07) is 0.0319. The highest BCUT2D eigenvalue weighted by Gasteiger charge is 2.41. The first-order chi connectivity index (χ1) is 10.2. The molecule has 0 saturated carbocycles. The lowest BCUT2D eigenvalue weighted by Crippen LogP contribution is -2.58. The summed E-state index contributed by atoms with van der Waals surface area (Å²) in [6.07, 6.45) is 2.52. The molecule has 1 rings (SSSR count). The number of unbranched alkanes of at least 4 members (excludes halogenated alkanes) is 1. The number of piperidine rings is 1. The molecule has 1 fully saturated rings. The third-order valence-corrected chi connectivity index (χ3v) is 9.22. The number of carbonyl (C=O) groups is 1. The fourth-order valence-corrected chi connectivity index (χ4v) is 3.53. The quantitative estimate of drug-likeness (QED) is 0.580. The number of hydrogen-bond acceptors (Lipinski definition) is 4. The van der Waals surface area contributed by atoms with Gasteiger partial charge < -0.3 is 19.8 Å². The molecule has 0 spiro atoms. The molecule has 1 saturated heterocycles. The molecule has 1 aliphatic rings. The molecule has 0 aromatic heterocycles. The Kier molecular flexibility index (Phi) is 7.35. The monoisotopic (exact) mass is 330 g/mol. The van der Waals surface area contributed by atoms with Gasteiger partial charge in [0, 0.05) is 6.54 Å². The SMILES string of the molecule is CCCCOC(=O)NC1CCNCC1O[Si](C)(C)C(C)(C)C. The summed E-state index contributed by atoms with van der Waals surface area (Å²) in [5, 5.41) is 6.53. The molecule has 2 atom stereocenters. The van der Waals surface area contributed by atoms with Crippen molar-refractivity contribution in [2.24, 2.45) is 0 Å². The van der Waals surface area contributed by atoms with Gasteiger partial charge in [0.2, 0.25) is 0 Å². The number of alkyl carbamates (subject to hydrolysis) is 1. The second-order valence-corrected chi connectivity index (χ2v) is 12.4. The highest BCUT2D eigenvalue weighted by atomic mass is 28.4. The van der Waals surface area contributed by atoms with Gasteiger partial charge in [-0.2, -0.15) is 0 Å². The molecule has 0 aromatic carbocycles. The molecule has 0 aromatic rings. The Balaban J connectivity index is 2.58. The van der Waals surface area contributed by atoms with Crippen molar-refractivity contribution >= 4 is 14.4 Å². The van der Waals surface area contributed by atoms with E-state index in [1.54, 1.807) is 0 Å². The number of amides is 1. The largest absolute Gasteiger partial charge is 0.450 e. The lowest BCUT2D eigenvalue weighted by atomic mass is 10.0. The maximum atomic E-state index is 11.9. The number of rotatable bonds is 6. The number of carbonyl (C=O) groups excluding carboxylic acids is 1. The van der Waals surface area contributed by atoms with Crippen LogP contribution in [0, 0.1) is 0 Å². The van der Waals surface area contributed by atoms with Crippen LogP contribution < -0.4 is 10.6 Å². The zero-order valence-electron chi connectivity index (χ0n) is 15.1. The average molecular weight is 331 g/mol. The van der Waals surface area contributed by atoms with Gasteiger partial charge in [-0.25, -0.2) is 4.79 Å². The summed E-state index contributed by atoms with van der Waals surface area (Å²) in [7, 11) is -1.85. The summed E-state index contributed by atoms with van der Waals surface area (Å²) < 4.78 is 11.7. The average Bonchev–Trinajstić information content (AvgIpc) is 2.40. The highest BCUT2D eigenvalue weighted by Crippen LogP contribution is 2.37. The van der Waals surface area contributed by atoms with E-state index >= 15 is 0 Å². The van der Waals surface area contributed by atoms with E-state index in [0.29, 0.717) is 6.61 Å². The molecule has 2 N–H and O–H groups in total. The van der Waals surface area contributed by atoms with Crippen LogP contribution in [0.5, 0.6) is 0 Å². The lowest BCUT2D eigenvalue weighted by molar-refractivity contribution is 0.0940. The van der Waals surface area contributed by atoms with Crippen LogP contribution in [0.25, 0.3) is 0 Å². The summed E-state index contributed by atoms with van der Waals surface area (Å²) in [6.45, 7) is 15.4. The molecular formula is C16H34N2O3Si. The van der Waals surface area contributed by atoms with Crippen LogP contribution >= 0.6 is 0 Å². The molecule has 6 heteroatoms. The number of ether oxygens (including phenoxy) is 1. The van der Waals surface area contributed by atoms with Gasteiger partial charge in [-0.15, -0.1) is 0 Å². The molecular weight excluding hydrogens is 296 g/mol. The van der Waals surface area contributed by atoms with Gasteiger partial charge in [-0.1, -0.05) is 34.1 Å². The van der Waals surface area contributed by atoms with Crippen molar-refractivity contribution < 1.29 is 14.0 Å². The first-order valence-electron chi connectivity index (χ1n) is 8.49. The molecule has 130 valence electrons. The van der Waals surface area contributed by atoms with Crippen LogP contribution in [0.3, 0.4) is 0 Å². The normalized spacial score (nSPS) is 23.2. The molecule has 1 amide bonds. The topological polar surface area (TPSA) is 59.6 Å². The van der Waals surface area contributed by atoms with Gasteiger partial charge in [0.25, 0.3) is 0 Å². The molecule has 0 bridgehead atoms. The summed E-state index contributed by atoms with van der Waals surface area (Å²) in [5.74, 6) is 0. The van der Waals surface area contributed by atoms with E-state index in [4.69, 9.17) is 9.16 Å². The van der Waals surface area contributed by atoms with Gasteiger partial charge in [-0.05, 0) is 37.5 Å². The second kappa shape index (κ2) is 8.31. The maximum absolute atomic E-state index is 11.9. The Hall–Kier alpha value is -0.593. The van der Waals surface area contributed by atoms with Crippen LogP contribution in [0.1, 0.15) is 47.0 Å². The molecule has 1 heterocycles. The Labute approximate surface area is 136 Å². The Morgan fingerprint density at radius 3 is 2.64 bits per heavy atom.